The van der Waals surface area contributed by atoms with Gasteiger partial charge in [0.15, 0.2) is 0 Å². The fourth-order valence-corrected chi connectivity index (χ4v) is 2.74. The smallest absolute Gasteiger partial charge is 0.248 e. The van der Waals surface area contributed by atoms with Crippen molar-refractivity contribution in [3.8, 4) is 5.75 Å². The first-order chi connectivity index (χ1) is 12.8. The molecule has 2 aromatic rings. The molecule has 1 aromatic heterocycles. The predicted octanol–water partition coefficient (Wildman–Crippen LogP) is 0.757. The minimum Gasteiger partial charge on any atom is -0.497 e. The minimum atomic E-state index is -0.663. The lowest BCUT2D eigenvalue weighted by atomic mass is 10.0. The van der Waals surface area contributed by atoms with E-state index >= 15 is 0 Å². The van der Waals surface area contributed by atoms with Crippen LogP contribution in [0.2, 0.25) is 0 Å². The summed E-state index contributed by atoms with van der Waals surface area (Å²) in [5.74, 6) is 0.773. The summed E-state index contributed by atoms with van der Waals surface area (Å²) in [7, 11) is 3.19. The lowest BCUT2D eigenvalue weighted by Crippen LogP contribution is -2.44. The second kappa shape index (κ2) is 9.11. The van der Waals surface area contributed by atoms with Crippen molar-refractivity contribution >= 4 is 11.8 Å². The minimum absolute atomic E-state index is 0.00958. The normalized spacial score (nSPS) is 11.9. The van der Waals surface area contributed by atoms with E-state index in [1.807, 2.05) is 38.1 Å². The highest BCUT2D eigenvalue weighted by Gasteiger charge is 2.28. The van der Waals surface area contributed by atoms with E-state index in [9.17, 15) is 9.59 Å². The van der Waals surface area contributed by atoms with E-state index < -0.39 is 6.04 Å². The number of hydrogen-bond donors (Lipinski definition) is 1. The first kappa shape index (κ1) is 20.3. The number of tetrazole rings is 1. The van der Waals surface area contributed by atoms with Crippen LogP contribution in [0.15, 0.2) is 24.3 Å². The molecule has 9 nitrogen and oxygen atoms in total. The molecule has 0 radical (unpaired) electrons. The van der Waals surface area contributed by atoms with Gasteiger partial charge in [0.25, 0.3) is 0 Å². The molecule has 1 N–H and O–H groups in total. The highest BCUT2D eigenvalue weighted by atomic mass is 16.5. The van der Waals surface area contributed by atoms with Gasteiger partial charge in [0.2, 0.25) is 11.8 Å². The number of nitrogens with zero attached hydrogens (tertiary/aromatic N) is 5. The molecule has 0 aliphatic rings. The van der Waals surface area contributed by atoms with Crippen LogP contribution in [-0.2, 0) is 16.0 Å². The van der Waals surface area contributed by atoms with Crippen LogP contribution in [0.4, 0.5) is 0 Å². The zero-order chi connectivity index (χ0) is 20.0. The van der Waals surface area contributed by atoms with Crippen molar-refractivity contribution in [1.82, 2.24) is 30.4 Å². The molecule has 1 unspecified atom stereocenters. The van der Waals surface area contributed by atoms with Crippen molar-refractivity contribution in [3.05, 3.63) is 35.7 Å². The summed E-state index contributed by atoms with van der Waals surface area (Å²) in [6.45, 7) is 5.44. The van der Waals surface area contributed by atoms with E-state index in [2.05, 4.69) is 20.8 Å². The fraction of sp³-hybridized carbons (Fsp3) is 0.500. The van der Waals surface area contributed by atoms with Crippen LogP contribution in [0.5, 0.6) is 5.75 Å². The van der Waals surface area contributed by atoms with Crippen molar-refractivity contribution < 1.29 is 14.3 Å². The largest absolute Gasteiger partial charge is 0.497 e. The van der Waals surface area contributed by atoms with Crippen LogP contribution >= 0.6 is 0 Å². The molecule has 0 aliphatic carbocycles. The van der Waals surface area contributed by atoms with Crippen LogP contribution in [0, 0.1) is 6.92 Å². The van der Waals surface area contributed by atoms with Crippen molar-refractivity contribution in [2.75, 3.05) is 20.7 Å². The van der Waals surface area contributed by atoms with Crippen molar-refractivity contribution in [2.45, 2.75) is 39.3 Å². The fourth-order valence-electron chi connectivity index (χ4n) is 2.74. The number of likely N-dealkylation sites (N-methyl/N-ethyl adjacent to an activating group) is 1. The van der Waals surface area contributed by atoms with Crippen LogP contribution in [0.3, 0.4) is 0 Å². The molecule has 0 spiro atoms. The van der Waals surface area contributed by atoms with Gasteiger partial charge in [-0.25, -0.2) is 4.68 Å². The average Bonchev–Trinajstić information content (AvgIpc) is 3.04. The van der Waals surface area contributed by atoms with Crippen molar-refractivity contribution in [2.24, 2.45) is 0 Å². The van der Waals surface area contributed by atoms with Crippen molar-refractivity contribution in [1.29, 1.82) is 0 Å². The number of carbonyl (C=O) groups excluding carboxylic acids is 2. The number of carbonyl (C=O) groups is 2. The molecule has 2 rings (SSSR count). The number of methoxy groups -OCH3 is 1. The highest BCUT2D eigenvalue weighted by molar-refractivity contribution is 5.86. The second-order valence-corrected chi connectivity index (χ2v) is 6.66. The molecule has 1 heterocycles. The maximum absolute atomic E-state index is 13.1. The SMILES string of the molecule is COc1cccc(CC(C(=O)N(C)CC(=O)NC(C)C)n2nnnc2C)c1. The Labute approximate surface area is 158 Å². The Bertz CT molecular complexity index is 789. The Hall–Kier alpha value is -2.97. The molecule has 0 saturated carbocycles. The molecule has 1 atom stereocenters. The number of amides is 2. The molecule has 0 aliphatic heterocycles. The standard InChI is InChI=1S/C18H26N6O3/c1-12(2)19-17(25)11-23(4)18(26)16(24-13(3)20-21-22-24)10-14-7-6-8-15(9-14)27-5/h6-9,12,16H,10-11H2,1-5H3,(H,19,25). The molecule has 1 aromatic carbocycles. The Morgan fingerprint density at radius 2 is 2.07 bits per heavy atom. The molecular weight excluding hydrogens is 348 g/mol. The van der Waals surface area contributed by atoms with E-state index in [1.54, 1.807) is 21.1 Å². The zero-order valence-electron chi connectivity index (χ0n) is 16.3. The lowest BCUT2D eigenvalue weighted by molar-refractivity contribution is -0.137. The molecule has 9 heteroatoms. The van der Waals surface area contributed by atoms with Gasteiger partial charge in [-0.15, -0.1) is 5.10 Å². The summed E-state index contributed by atoms with van der Waals surface area (Å²) in [6.07, 6.45) is 0.373. The summed E-state index contributed by atoms with van der Waals surface area (Å²) < 4.78 is 6.74. The molecule has 27 heavy (non-hydrogen) atoms. The molecule has 0 bridgehead atoms. The van der Waals surface area contributed by atoms with Crippen LogP contribution in [-0.4, -0.2) is 63.7 Å². The maximum Gasteiger partial charge on any atom is 0.248 e. The highest BCUT2D eigenvalue weighted by Crippen LogP contribution is 2.20. The third-order valence-corrected chi connectivity index (χ3v) is 4.01. The molecule has 146 valence electrons. The van der Waals surface area contributed by atoms with Gasteiger partial charge in [-0.3, -0.25) is 9.59 Å². The lowest BCUT2D eigenvalue weighted by Gasteiger charge is -2.24. The number of benzene rings is 1. The van der Waals surface area contributed by atoms with Gasteiger partial charge < -0.3 is 15.0 Å². The Balaban J connectivity index is 2.23. The third-order valence-electron chi connectivity index (χ3n) is 4.01. The number of ether oxygens (including phenoxy) is 1. The number of aryl methyl sites for hydroxylation is 1. The zero-order valence-corrected chi connectivity index (χ0v) is 16.3. The Morgan fingerprint density at radius 1 is 1.33 bits per heavy atom. The average molecular weight is 374 g/mol. The quantitative estimate of drug-likeness (QED) is 0.732. The first-order valence-corrected chi connectivity index (χ1v) is 8.73. The molecule has 0 fully saturated rings. The summed E-state index contributed by atoms with van der Waals surface area (Å²) in [4.78, 5) is 26.5. The predicted molar refractivity (Wildman–Crippen MR) is 99.2 cm³/mol. The first-order valence-electron chi connectivity index (χ1n) is 8.73. The van der Waals surface area contributed by atoms with Crippen LogP contribution < -0.4 is 10.1 Å². The third kappa shape index (κ3) is 5.50. The molecular formula is C18H26N6O3. The van der Waals surface area contributed by atoms with Gasteiger partial charge in [-0.2, -0.15) is 0 Å². The number of aromatic nitrogens is 4. The van der Waals surface area contributed by atoms with Gasteiger partial charge >= 0.3 is 0 Å². The summed E-state index contributed by atoms with van der Waals surface area (Å²) in [5, 5.41) is 14.3. The molecule has 0 saturated heterocycles. The number of rotatable bonds is 8. The number of hydrogen-bond acceptors (Lipinski definition) is 6. The van der Waals surface area contributed by atoms with E-state index in [4.69, 9.17) is 4.74 Å². The van der Waals surface area contributed by atoms with E-state index in [0.717, 1.165) is 5.56 Å². The van der Waals surface area contributed by atoms with Gasteiger partial charge in [-0.05, 0) is 48.9 Å². The topological polar surface area (TPSA) is 102 Å². The second-order valence-electron chi connectivity index (χ2n) is 6.66. The Morgan fingerprint density at radius 3 is 2.67 bits per heavy atom. The summed E-state index contributed by atoms with van der Waals surface area (Å²) in [5.41, 5.74) is 0.905. The number of nitrogens with one attached hydrogen (secondary N) is 1. The van der Waals surface area contributed by atoms with Gasteiger partial charge in [0, 0.05) is 19.5 Å². The molecule has 2 amide bonds. The van der Waals surface area contributed by atoms with E-state index in [-0.39, 0.29) is 24.4 Å². The Kier molecular flexibility index (Phi) is 6.86. The monoisotopic (exact) mass is 374 g/mol. The van der Waals surface area contributed by atoms with E-state index in [0.29, 0.717) is 18.0 Å². The van der Waals surface area contributed by atoms with Gasteiger partial charge in [0.1, 0.15) is 17.6 Å². The van der Waals surface area contributed by atoms with Crippen LogP contribution in [0.1, 0.15) is 31.3 Å². The van der Waals surface area contributed by atoms with Gasteiger partial charge in [0.05, 0.1) is 13.7 Å². The van der Waals surface area contributed by atoms with E-state index in [1.165, 1.54) is 9.58 Å². The van der Waals surface area contributed by atoms with Crippen LogP contribution in [0.25, 0.3) is 0 Å². The van der Waals surface area contributed by atoms with Crippen molar-refractivity contribution in [3.63, 3.8) is 0 Å². The maximum atomic E-state index is 13.1. The summed E-state index contributed by atoms with van der Waals surface area (Å²) in [6, 6.07) is 6.83. The van der Waals surface area contributed by atoms with Gasteiger partial charge in [-0.1, -0.05) is 12.1 Å². The summed E-state index contributed by atoms with van der Waals surface area (Å²) >= 11 is 0.